The average Bonchev–Trinajstić information content (AvgIpc) is 2.50. The Morgan fingerprint density at radius 2 is 2.07 bits per heavy atom. The van der Waals surface area contributed by atoms with E-state index in [1.807, 2.05) is 0 Å². The van der Waals surface area contributed by atoms with Gasteiger partial charge in [0.1, 0.15) is 5.69 Å². The van der Waals surface area contributed by atoms with Crippen LogP contribution in [0.25, 0.3) is 10.9 Å². The molecule has 0 fully saturated rings. The number of hydrogen-bond donors (Lipinski definition) is 4. The number of carboxylic acid groups (broad SMARTS) is 1. The van der Waals surface area contributed by atoms with Crippen LogP contribution < -0.4 is 11.5 Å². The fourth-order valence-electron chi connectivity index (χ4n) is 1.71. The molecule has 0 radical (unpaired) electrons. The van der Waals surface area contributed by atoms with Crippen LogP contribution in [0.2, 0.25) is 0 Å². The third-order valence-electron chi connectivity index (χ3n) is 2.50. The summed E-state index contributed by atoms with van der Waals surface area (Å²) in [5.74, 6) is -0.998. The third-order valence-corrected chi connectivity index (χ3v) is 2.50. The summed E-state index contributed by atoms with van der Waals surface area (Å²) >= 11 is 0. The smallest absolute Gasteiger partial charge is 0.352 e. The number of nitrogens with two attached hydrogens (primary N) is 2. The summed E-state index contributed by atoms with van der Waals surface area (Å²) in [5.41, 5.74) is 13.8. The van der Waals surface area contributed by atoms with Gasteiger partial charge in [0.15, 0.2) is 0 Å². The number of carbonyl (C=O) groups is 1. The number of H-pyrrole nitrogens is 1. The second kappa shape index (κ2) is 2.91. The highest BCUT2D eigenvalue weighted by Gasteiger charge is 2.15. The molecule has 0 amide bonds. The van der Waals surface area contributed by atoms with Gasteiger partial charge in [0.05, 0.1) is 11.4 Å². The van der Waals surface area contributed by atoms with E-state index in [0.29, 0.717) is 27.8 Å². The summed E-state index contributed by atoms with van der Waals surface area (Å²) in [7, 11) is 0. The molecule has 2 aromatic rings. The Balaban J connectivity index is 2.89. The molecule has 0 saturated carbocycles. The van der Waals surface area contributed by atoms with Crippen molar-refractivity contribution >= 4 is 28.2 Å². The van der Waals surface area contributed by atoms with Gasteiger partial charge in [0, 0.05) is 10.9 Å². The van der Waals surface area contributed by atoms with E-state index in [1.54, 1.807) is 19.1 Å². The first kappa shape index (κ1) is 9.39. The molecule has 0 unspecified atom stereocenters. The second-order valence-corrected chi connectivity index (χ2v) is 3.42. The minimum Gasteiger partial charge on any atom is -0.477 e. The molecule has 2 rings (SSSR count). The second-order valence-electron chi connectivity index (χ2n) is 3.42. The van der Waals surface area contributed by atoms with E-state index in [1.165, 1.54) is 0 Å². The van der Waals surface area contributed by atoms with Gasteiger partial charge in [-0.2, -0.15) is 0 Å². The van der Waals surface area contributed by atoms with E-state index in [4.69, 9.17) is 16.6 Å². The van der Waals surface area contributed by atoms with Gasteiger partial charge in [-0.1, -0.05) is 0 Å². The Bertz CT molecular complexity index is 557. The van der Waals surface area contributed by atoms with E-state index in [2.05, 4.69) is 4.98 Å². The van der Waals surface area contributed by atoms with Crippen molar-refractivity contribution in [1.82, 2.24) is 4.98 Å². The van der Waals surface area contributed by atoms with Gasteiger partial charge in [-0.05, 0) is 24.6 Å². The van der Waals surface area contributed by atoms with Crippen molar-refractivity contribution in [3.05, 3.63) is 23.4 Å². The van der Waals surface area contributed by atoms with E-state index in [-0.39, 0.29) is 5.69 Å². The van der Waals surface area contributed by atoms with Crippen molar-refractivity contribution in [1.29, 1.82) is 0 Å². The molecule has 0 bridgehead atoms. The van der Waals surface area contributed by atoms with E-state index >= 15 is 0 Å². The Morgan fingerprint density at radius 3 is 2.67 bits per heavy atom. The summed E-state index contributed by atoms with van der Waals surface area (Å²) < 4.78 is 0. The number of hydrogen-bond acceptors (Lipinski definition) is 3. The van der Waals surface area contributed by atoms with Crippen LogP contribution in [0.1, 0.15) is 16.1 Å². The molecular formula is C10H11N3O2. The largest absolute Gasteiger partial charge is 0.477 e. The van der Waals surface area contributed by atoms with Crippen molar-refractivity contribution in [3.63, 3.8) is 0 Å². The maximum Gasteiger partial charge on any atom is 0.352 e. The van der Waals surface area contributed by atoms with Crippen molar-refractivity contribution in [3.8, 4) is 0 Å². The minimum absolute atomic E-state index is 0.155. The molecule has 15 heavy (non-hydrogen) atoms. The zero-order chi connectivity index (χ0) is 11.2. The lowest BCUT2D eigenvalue weighted by molar-refractivity contribution is 0.0691. The molecule has 6 N–H and O–H groups in total. The standard InChI is InChI=1S/C10H11N3O2/c1-4-7-6(13-9(4)10(14)15)3-2-5(11)8(7)12/h2-3,13H,11-12H2,1H3,(H,14,15). The van der Waals surface area contributed by atoms with Crippen LogP contribution in [-0.4, -0.2) is 16.1 Å². The van der Waals surface area contributed by atoms with Crippen molar-refractivity contribution in [2.75, 3.05) is 11.5 Å². The molecular weight excluding hydrogens is 194 g/mol. The lowest BCUT2D eigenvalue weighted by atomic mass is 10.1. The SMILES string of the molecule is Cc1c(C(=O)O)[nH]c2ccc(N)c(N)c12. The summed E-state index contributed by atoms with van der Waals surface area (Å²) in [6.45, 7) is 1.71. The molecule has 0 aliphatic heterocycles. The first-order valence-corrected chi connectivity index (χ1v) is 4.42. The average molecular weight is 205 g/mol. The molecule has 0 aliphatic carbocycles. The third kappa shape index (κ3) is 1.20. The monoisotopic (exact) mass is 205 g/mol. The van der Waals surface area contributed by atoms with Crippen LogP contribution in [0.15, 0.2) is 12.1 Å². The lowest BCUT2D eigenvalue weighted by Gasteiger charge is -2.01. The number of rotatable bonds is 1. The van der Waals surface area contributed by atoms with E-state index in [9.17, 15) is 4.79 Å². The quantitative estimate of drug-likeness (QED) is 0.527. The predicted molar refractivity (Wildman–Crippen MR) is 58.8 cm³/mol. The molecule has 0 atom stereocenters. The Hall–Kier alpha value is -2.17. The number of nitrogens with one attached hydrogen (secondary N) is 1. The van der Waals surface area contributed by atoms with Gasteiger partial charge in [-0.25, -0.2) is 4.79 Å². The van der Waals surface area contributed by atoms with Crippen LogP contribution in [0.3, 0.4) is 0 Å². The molecule has 1 aromatic carbocycles. The molecule has 0 spiro atoms. The number of benzene rings is 1. The molecule has 0 aliphatic rings. The first-order valence-electron chi connectivity index (χ1n) is 4.42. The topological polar surface area (TPSA) is 105 Å². The highest BCUT2D eigenvalue weighted by atomic mass is 16.4. The molecule has 5 heteroatoms. The van der Waals surface area contributed by atoms with Gasteiger partial charge in [0.25, 0.3) is 0 Å². The Labute approximate surface area is 85.7 Å². The number of fused-ring (bicyclic) bond motifs is 1. The number of aryl methyl sites for hydroxylation is 1. The summed E-state index contributed by atoms with van der Waals surface area (Å²) in [4.78, 5) is 13.7. The van der Waals surface area contributed by atoms with Gasteiger partial charge < -0.3 is 21.6 Å². The van der Waals surface area contributed by atoms with Gasteiger partial charge in [-0.3, -0.25) is 0 Å². The van der Waals surface area contributed by atoms with Crippen molar-refractivity contribution in [2.45, 2.75) is 6.92 Å². The number of nitrogen functional groups attached to an aromatic ring is 2. The summed E-state index contributed by atoms with van der Waals surface area (Å²) in [5, 5.41) is 9.61. The number of anilines is 2. The first-order chi connectivity index (χ1) is 7.02. The van der Waals surface area contributed by atoms with Crippen molar-refractivity contribution < 1.29 is 9.90 Å². The van der Waals surface area contributed by atoms with E-state index in [0.717, 1.165) is 0 Å². The fourth-order valence-corrected chi connectivity index (χ4v) is 1.71. The fraction of sp³-hybridized carbons (Fsp3) is 0.100. The maximum atomic E-state index is 10.9. The van der Waals surface area contributed by atoms with Crippen molar-refractivity contribution in [2.24, 2.45) is 0 Å². The molecule has 0 saturated heterocycles. The van der Waals surface area contributed by atoms with Crippen LogP contribution in [0.4, 0.5) is 11.4 Å². The zero-order valence-electron chi connectivity index (χ0n) is 8.16. The molecule has 1 aromatic heterocycles. The predicted octanol–water partition coefficient (Wildman–Crippen LogP) is 1.34. The maximum absolute atomic E-state index is 10.9. The molecule has 1 heterocycles. The molecule has 5 nitrogen and oxygen atoms in total. The molecule has 78 valence electrons. The number of carboxylic acids is 1. The minimum atomic E-state index is -0.998. The highest BCUT2D eigenvalue weighted by molar-refractivity contribution is 6.05. The van der Waals surface area contributed by atoms with Gasteiger partial charge in [-0.15, -0.1) is 0 Å². The number of aromatic carboxylic acids is 1. The highest BCUT2D eigenvalue weighted by Crippen LogP contribution is 2.31. The van der Waals surface area contributed by atoms with Crippen LogP contribution in [0, 0.1) is 6.92 Å². The van der Waals surface area contributed by atoms with Gasteiger partial charge >= 0.3 is 5.97 Å². The van der Waals surface area contributed by atoms with Crippen LogP contribution in [-0.2, 0) is 0 Å². The number of aromatic nitrogens is 1. The lowest BCUT2D eigenvalue weighted by Crippen LogP contribution is -1.98. The summed E-state index contributed by atoms with van der Waals surface area (Å²) in [6.07, 6.45) is 0. The number of aromatic amines is 1. The van der Waals surface area contributed by atoms with Crippen LogP contribution in [0.5, 0.6) is 0 Å². The Kier molecular flexibility index (Phi) is 1.82. The zero-order valence-corrected chi connectivity index (χ0v) is 8.16. The normalized spacial score (nSPS) is 10.7. The summed E-state index contributed by atoms with van der Waals surface area (Å²) in [6, 6.07) is 3.37. The van der Waals surface area contributed by atoms with Gasteiger partial charge in [0.2, 0.25) is 0 Å². The van der Waals surface area contributed by atoms with Crippen LogP contribution >= 0.6 is 0 Å². The van der Waals surface area contributed by atoms with E-state index < -0.39 is 5.97 Å². The Morgan fingerprint density at radius 1 is 1.40 bits per heavy atom.